The van der Waals surface area contributed by atoms with E-state index >= 15 is 0 Å². The summed E-state index contributed by atoms with van der Waals surface area (Å²) in [6, 6.07) is 14.6. The van der Waals surface area contributed by atoms with E-state index in [1.54, 1.807) is 18.2 Å². The van der Waals surface area contributed by atoms with Crippen LogP contribution < -0.4 is 15.4 Å². The van der Waals surface area contributed by atoms with Gasteiger partial charge in [0, 0.05) is 12.1 Å². The Bertz CT molecular complexity index is 784. The number of hydrogen-bond acceptors (Lipinski definition) is 4. The molecule has 27 heavy (non-hydrogen) atoms. The van der Waals surface area contributed by atoms with Crippen LogP contribution in [-0.4, -0.2) is 36.8 Å². The third kappa shape index (κ3) is 4.26. The summed E-state index contributed by atoms with van der Waals surface area (Å²) in [5.41, 5.74) is 0.485. The standard InChI is InChI=1S/C21H25ClN2O3/c1-2-12-27-18-9-8-15(13-17(18)22)20(26)24-21(10-11-23-14-19(21)25)16-6-4-3-5-7-16/h3-9,13,19,23,25H,2,10-12,14H2,1H3,(H,24,26)/t19-,21-/m1/s1. The molecule has 5 nitrogen and oxygen atoms in total. The van der Waals surface area contributed by atoms with E-state index in [1.165, 1.54) is 0 Å². The molecule has 0 radical (unpaired) electrons. The zero-order chi connectivity index (χ0) is 19.3. The van der Waals surface area contributed by atoms with Gasteiger partial charge in [-0.05, 0) is 43.1 Å². The number of rotatable bonds is 6. The van der Waals surface area contributed by atoms with Crippen molar-refractivity contribution in [3.63, 3.8) is 0 Å². The van der Waals surface area contributed by atoms with Crippen molar-refractivity contribution in [3.05, 3.63) is 64.7 Å². The second-order valence-electron chi connectivity index (χ2n) is 6.76. The molecule has 2 atom stereocenters. The average molecular weight is 389 g/mol. The summed E-state index contributed by atoms with van der Waals surface area (Å²) in [7, 11) is 0. The van der Waals surface area contributed by atoms with Crippen LogP contribution in [-0.2, 0) is 5.54 Å². The Balaban J connectivity index is 1.86. The van der Waals surface area contributed by atoms with Gasteiger partial charge in [-0.3, -0.25) is 4.79 Å². The maximum absolute atomic E-state index is 13.0. The van der Waals surface area contributed by atoms with Crippen LogP contribution in [0.5, 0.6) is 5.75 Å². The van der Waals surface area contributed by atoms with Gasteiger partial charge in [-0.2, -0.15) is 0 Å². The molecule has 1 aliphatic rings. The quantitative estimate of drug-likeness (QED) is 0.711. The minimum absolute atomic E-state index is 0.274. The van der Waals surface area contributed by atoms with Crippen LogP contribution in [0.1, 0.15) is 35.7 Å². The molecule has 3 N–H and O–H groups in total. The number of halogens is 1. The summed E-state index contributed by atoms with van der Waals surface area (Å²) >= 11 is 6.27. The highest BCUT2D eigenvalue weighted by Gasteiger charge is 2.42. The van der Waals surface area contributed by atoms with Gasteiger partial charge >= 0.3 is 0 Å². The van der Waals surface area contributed by atoms with Crippen LogP contribution in [0.4, 0.5) is 0 Å². The molecule has 0 unspecified atom stereocenters. The highest BCUT2D eigenvalue weighted by atomic mass is 35.5. The molecule has 0 aromatic heterocycles. The number of ether oxygens (including phenoxy) is 1. The number of benzene rings is 2. The normalized spacial score (nSPS) is 22.3. The Morgan fingerprint density at radius 3 is 2.78 bits per heavy atom. The molecule has 2 aromatic rings. The monoisotopic (exact) mass is 388 g/mol. The highest BCUT2D eigenvalue weighted by Crippen LogP contribution is 2.32. The van der Waals surface area contributed by atoms with Crippen LogP contribution in [0.15, 0.2) is 48.5 Å². The lowest BCUT2D eigenvalue weighted by Gasteiger charge is -2.43. The van der Waals surface area contributed by atoms with Crippen molar-refractivity contribution in [1.29, 1.82) is 0 Å². The van der Waals surface area contributed by atoms with Crippen molar-refractivity contribution in [3.8, 4) is 5.75 Å². The first-order valence-electron chi connectivity index (χ1n) is 9.26. The Hall–Kier alpha value is -2.08. The van der Waals surface area contributed by atoms with E-state index < -0.39 is 11.6 Å². The van der Waals surface area contributed by atoms with Gasteiger partial charge in [0.05, 0.1) is 23.3 Å². The molecule has 1 aliphatic heterocycles. The molecule has 1 heterocycles. The predicted octanol–water partition coefficient (Wildman–Crippen LogP) is 3.11. The molecule has 1 fully saturated rings. The minimum Gasteiger partial charge on any atom is -0.492 e. The van der Waals surface area contributed by atoms with Gasteiger partial charge in [0.1, 0.15) is 5.75 Å². The van der Waals surface area contributed by atoms with Crippen molar-refractivity contribution in [2.75, 3.05) is 19.7 Å². The minimum atomic E-state index is -0.840. The smallest absolute Gasteiger partial charge is 0.252 e. The van der Waals surface area contributed by atoms with Gasteiger partial charge in [0.15, 0.2) is 0 Å². The van der Waals surface area contributed by atoms with Crippen molar-refractivity contribution >= 4 is 17.5 Å². The molecule has 6 heteroatoms. The van der Waals surface area contributed by atoms with Gasteiger partial charge < -0.3 is 20.5 Å². The van der Waals surface area contributed by atoms with E-state index in [2.05, 4.69) is 10.6 Å². The highest BCUT2D eigenvalue weighted by molar-refractivity contribution is 6.32. The zero-order valence-corrected chi connectivity index (χ0v) is 16.1. The summed E-state index contributed by atoms with van der Waals surface area (Å²) in [4.78, 5) is 13.0. The number of amides is 1. The van der Waals surface area contributed by atoms with Crippen LogP contribution in [0.3, 0.4) is 0 Å². The van der Waals surface area contributed by atoms with Gasteiger partial charge in [-0.25, -0.2) is 0 Å². The molecule has 0 spiro atoms. The molecule has 2 aromatic carbocycles. The van der Waals surface area contributed by atoms with Crippen LogP contribution in [0.2, 0.25) is 5.02 Å². The van der Waals surface area contributed by atoms with Gasteiger partial charge in [0.2, 0.25) is 0 Å². The molecule has 3 rings (SSSR count). The van der Waals surface area contributed by atoms with Crippen molar-refractivity contribution in [2.45, 2.75) is 31.4 Å². The second kappa shape index (κ2) is 8.74. The van der Waals surface area contributed by atoms with Crippen molar-refractivity contribution in [1.82, 2.24) is 10.6 Å². The third-order valence-electron chi connectivity index (χ3n) is 4.88. The van der Waals surface area contributed by atoms with E-state index in [1.807, 2.05) is 37.3 Å². The van der Waals surface area contributed by atoms with E-state index in [4.69, 9.17) is 16.3 Å². The number of β-amino-alcohol motifs (C(OH)–C–C–N with tert-alkyl or cyclic N) is 1. The number of hydrogen-bond donors (Lipinski definition) is 3. The van der Waals surface area contributed by atoms with Crippen molar-refractivity contribution in [2.24, 2.45) is 0 Å². The Morgan fingerprint density at radius 1 is 1.33 bits per heavy atom. The maximum Gasteiger partial charge on any atom is 0.252 e. The zero-order valence-electron chi connectivity index (χ0n) is 15.4. The summed E-state index contributed by atoms with van der Waals surface area (Å²) in [6.45, 7) is 3.71. The fraction of sp³-hybridized carbons (Fsp3) is 0.381. The number of carbonyl (C=O) groups is 1. The lowest BCUT2D eigenvalue weighted by atomic mass is 9.79. The van der Waals surface area contributed by atoms with Crippen molar-refractivity contribution < 1.29 is 14.6 Å². The van der Waals surface area contributed by atoms with Crippen LogP contribution in [0, 0.1) is 0 Å². The molecule has 0 bridgehead atoms. The summed E-state index contributed by atoms with van der Waals surface area (Å²) < 4.78 is 5.56. The van der Waals surface area contributed by atoms with Crippen LogP contribution in [0.25, 0.3) is 0 Å². The number of aliphatic hydroxyl groups is 1. The fourth-order valence-electron chi connectivity index (χ4n) is 3.40. The molecular formula is C21H25ClN2O3. The number of aliphatic hydroxyl groups excluding tert-OH is 1. The molecule has 0 aliphatic carbocycles. The number of piperidine rings is 1. The first kappa shape index (κ1) is 19.7. The Kier molecular flexibility index (Phi) is 6.37. The van der Waals surface area contributed by atoms with Crippen LogP contribution >= 0.6 is 11.6 Å². The predicted molar refractivity (Wildman–Crippen MR) is 106 cm³/mol. The molecule has 1 saturated heterocycles. The fourth-order valence-corrected chi connectivity index (χ4v) is 3.64. The maximum atomic E-state index is 13.0. The first-order chi connectivity index (χ1) is 13.1. The lowest BCUT2D eigenvalue weighted by molar-refractivity contribution is 0.0289. The van der Waals surface area contributed by atoms with E-state index in [0.717, 1.165) is 12.0 Å². The lowest BCUT2D eigenvalue weighted by Crippen LogP contribution is -2.61. The largest absolute Gasteiger partial charge is 0.492 e. The average Bonchev–Trinajstić information content (AvgIpc) is 2.69. The van der Waals surface area contributed by atoms with Gasteiger partial charge in [-0.15, -0.1) is 0 Å². The Labute approximate surface area is 164 Å². The van der Waals surface area contributed by atoms with E-state index in [0.29, 0.717) is 42.5 Å². The van der Waals surface area contributed by atoms with E-state index in [9.17, 15) is 9.90 Å². The molecular weight excluding hydrogens is 364 g/mol. The first-order valence-corrected chi connectivity index (χ1v) is 9.64. The summed E-state index contributed by atoms with van der Waals surface area (Å²) in [6.07, 6.45) is 0.736. The molecule has 1 amide bonds. The third-order valence-corrected chi connectivity index (χ3v) is 5.18. The topological polar surface area (TPSA) is 70.6 Å². The van der Waals surface area contributed by atoms with Gasteiger partial charge in [-0.1, -0.05) is 48.9 Å². The summed E-state index contributed by atoms with van der Waals surface area (Å²) in [5, 5.41) is 17.4. The SMILES string of the molecule is CCCOc1ccc(C(=O)N[C@@]2(c3ccccc3)CCNC[C@H]2O)cc1Cl. The van der Waals surface area contributed by atoms with E-state index in [-0.39, 0.29) is 5.91 Å². The molecule has 0 saturated carbocycles. The number of nitrogens with one attached hydrogen (secondary N) is 2. The number of carbonyl (C=O) groups excluding carboxylic acids is 1. The Morgan fingerprint density at radius 2 is 2.11 bits per heavy atom. The molecule has 144 valence electrons. The van der Waals surface area contributed by atoms with Gasteiger partial charge in [0.25, 0.3) is 5.91 Å². The second-order valence-corrected chi connectivity index (χ2v) is 7.16. The summed E-state index contributed by atoms with van der Waals surface area (Å²) in [5.74, 6) is 0.290.